The van der Waals surface area contributed by atoms with Gasteiger partial charge in [0.1, 0.15) is 6.61 Å². The van der Waals surface area contributed by atoms with Gasteiger partial charge in [0.05, 0.1) is 11.4 Å². The van der Waals surface area contributed by atoms with Crippen LogP contribution in [0, 0.1) is 5.92 Å². The highest BCUT2D eigenvalue weighted by Gasteiger charge is 2.26. The summed E-state index contributed by atoms with van der Waals surface area (Å²) in [6.45, 7) is 6.67. The molecular weight excluding hydrogens is 364 g/mol. The highest BCUT2D eigenvalue weighted by molar-refractivity contribution is 6.04. The molecule has 0 saturated carbocycles. The number of benzene rings is 2. The van der Waals surface area contributed by atoms with Gasteiger partial charge in [0, 0.05) is 18.7 Å². The third-order valence-electron chi connectivity index (χ3n) is 4.91. The Hall–Kier alpha value is -2.66. The molecule has 1 aliphatic rings. The van der Waals surface area contributed by atoms with Crippen LogP contribution in [0.15, 0.2) is 42.5 Å². The van der Waals surface area contributed by atoms with Gasteiger partial charge in [0.2, 0.25) is 5.91 Å². The zero-order valence-corrected chi connectivity index (χ0v) is 17.5. The fourth-order valence-electron chi connectivity index (χ4n) is 3.57. The minimum atomic E-state index is -0.0988. The first-order valence-electron chi connectivity index (χ1n) is 10.4. The number of aryl methyl sites for hydroxylation is 2. The summed E-state index contributed by atoms with van der Waals surface area (Å²) in [5.41, 5.74) is 4.65. The lowest BCUT2D eigenvalue weighted by atomic mass is 10.0. The summed E-state index contributed by atoms with van der Waals surface area (Å²) in [5.74, 6) is 0.254. The first-order valence-corrected chi connectivity index (χ1v) is 10.4. The van der Waals surface area contributed by atoms with Crippen LogP contribution in [-0.2, 0) is 27.2 Å². The van der Waals surface area contributed by atoms with E-state index in [4.69, 9.17) is 4.74 Å². The van der Waals surface area contributed by atoms with Crippen LogP contribution >= 0.6 is 0 Å². The average molecular weight is 395 g/mol. The number of carbonyl (C=O) groups excluding carboxylic acids is 2. The van der Waals surface area contributed by atoms with Crippen LogP contribution in [0.1, 0.15) is 44.7 Å². The molecule has 0 atom stereocenters. The maximum absolute atomic E-state index is 13.2. The Morgan fingerprint density at radius 2 is 1.79 bits per heavy atom. The van der Waals surface area contributed by atoms with Gasteiger partial charge in [-0.25, -0.2) is 0 Å². The van der Waals surface area contributed by atoms with Crippen LogP contribution in [0.4, 0.5) is 17.1 Å². The number of ether oxygens (including phenoxy) is 1. The number of hydrogen-bond acceptors (Lipinski definition) is 3. The second kappa shape index (κ2) is 9.70. The predicted octanol–water partition coefficient (Wildman–Crippen LogP) is 4.86. The SMILES string of the molecule is CCCC(=O)Nc1ccc2c(c1)N(C(=O)COCC(C)C)c1ccccc1CC2. The first kappa shape index (κ1) is 21.1. The third-order valence-corrected chi connectivity index (χ3v) is 4.91. The molecule has 0 saturated heterocycles. The molecule has 5 heteroatoms. The van der Waals surface area contributed by atoms with Crippen LogP contribution in [-0.4, -0.2) is 25.0 Å². The van der Waals surface area contributed by atoms with Crippen molar-refractivity contribution in [2.75, 3.05) is 23.4 Å². The van der Waals surface area contributed by atoms with Gasteiger partial charge in [-0.05, 0) is 54.5 Å². The van der Waals surface area contributed by atoms with Crippen molar-refractivity contribution in [1.82, 2.24) is 0 Å². The molecule has 3 rings (SSSR count). The van der Waals surface area contributed by atoms with Crippen molar-refractivity contribution < 1.29 is 14.3 Å². The fraction of sp³-hybridized carbons (Fsp3) is 0.417. The van der Waals surface area contributed by atoms with Gasteiger partial charge in [-0.3, -0.25) is 14.5 Å². The lowest BCUT2D eigenvalue weighted by Gasteiger charge is -2.26. The summed E-state index contributed by atoms with van der Waals surface area (Å²) in [4.78, 5) is 27.0. The quantitative estimate of drug-likeness (QED) is 0.729. The molecule has 0 spiro atoms. The van der Waals surface area contributed by atoms with Gasteiger partial charge in [0.15, 0.2) is 0 Å². The first-order chi connectivity index (χ1) is 14.0. The molecule has 1 aliphatic heterocycles. The van der Waals surface area contributed by atoms with Gasteiger partial charge in [-0.15, -0.1) is 0 Å². The van der Waals surface area contributed by atoms with Crippen LogP contribution in [0.25, 0.3) is 0 Å². The number of nitrogens with one attached hydrogen (secondary N) is 1. The Bertz CT molecular complexity index is 876. The number of para-hydroxylation sites is 1. The molecule has 0 radical (unpaired) electrons. The van der Waals surface area contributed by atoms with E-state index in [0.29, 0.717) is 24.6 Å². The van der Waals surface area contributed by atoms with Crippen LogP contribution < -0.4 is 10.2 Å². The van der Waals surface area contributed by atoms with Crippen LogP contribution in [0.2, 0.25) is 0 Å². The molecule has 1 N–H and O–H groups in total. The Balaban J connectivity index is 1.96. The molecule has 0 aromatic heterocycles. The number of nitrogens with zero attached hydrogens (tertiary/aromatic N) is 1. The van der Waals surface area contributed by atoms with Gasteiger partial charge in [0.25, 0.3) is 5.91 Å². The highest BCUT2D eigenvalue weighted by Crippen LogP contribution is 2.37. The normalized spacial score (nSPS) is 12.9. The van der Waals surface area contributed by atoms with Crippen molar-refractivity contribution in [3.05, 3.63) is 53.6 Å². The van der Waals surface area contributed by atoms with Crippen molar-refractivity contribution in [3.63, 3.8) is 0 Å². The van der Waals surface area contributed by atoms with Gasteiger partial charge in [-0.2, -0.15) is 0 Å². The molecule has 0 unspecified atom stereocenters. The molecule has 0 bridgehead atoms. The molecule has 0 aliphatic carbocycles. The predicted molar refractivity (Wildman–Crippen MR) is 117 cm³/mol. The maximum atomic E-state index is 13.2. The maximum Gasteiger partial charge on any atom is 0.257 e. The minimum Gasteiger partial charge on any atom is -0.371 e. The molecule has 2 amide bonds. The second-order valence-corrected chi connectivity index (χ2v) is 7.91. The smallest absolute Gasteiger partial charge is 0.257 e. The van der Waals surface area contributed by atoms with Crippen molar-refractivity contribution in [2.24, 2.45) is 5.92 Å². The van der Waals surface area contributed by atoms with Crippen molar-refractivity contribution >= 4 is 28.9 Å². The monoisotopic (exact) mass is 394 g/mol. The molecular formula is C24H30N2O3. The Morgan fingerprint density at radius 3 is 2.52 bits per heavy atom. The number of fused-ring (bicyclic) bond motifs is 2. The Kier molecular flexibility index (Phi) is 7.04. The van der Waals surface area contributed by atoms with E-state index in [1.165, 1.54) is 0 Å². The number of carbonyl (C=O) groups is 2. The van der Waals surface area contributed by atoms with Crippen molar-refractivity contribution in [3.8, 4) is 0 Å². The summed E-state index contributed by atoms with van der Waals surface area (Å²) in [7, 11) is 0. The summed E-state index contributed by atoms with van der Waals surface area (Å²) >= 11 is 0. The molecule has 5 nitrogen and oxygen atoms in total. The second-order valence-electron chi connectivity index (χ2n) is 7.91. The lowest BCUT2D eigenvalue weighted by Crippen LogP contribution is -2.31. The summed E-state index contributed by atoms with van der Waals surface area (Å²) in [5, 5.41) is 2.95. The zero-order chi connectivity index (χ0) is 20.8. The van der Waals surface area contributed by atoms with E-state index in [2.05, 4.69) is 25.2 Å². The fourth-order valence-corrected chi connectivity index (χ4v) is 3.57. The van der Waals surface area contributed by atoms with E-state index < -0.39 is 0 Å². The van der Waals surface area contributed by atoms with E-state index in [0.717, 1.165) is 41.8 Å². The van der Waals surface area contributed by atoms with E-state index in [9.17, 15) is 9.59 Å². The van der Waals surface area contributed by atoms with E-state index in [-0.39, 0.29) is 18.4 Å². The molecule has 154 valence electrons. The number of hydrogen-bond donors (Lipinski definition) is 1. The highest BCUT2D eigenvalue weighted by atomic mass is 16.5. The topological polar surface area (TPSA) is 58.6 Å². The van der Waals surface area contributed by atoms with Crippen LogP contribution in [0.5, 0.6) is 0 Å². The lowest BCUT2D eigenvalue weighted by molar-refractivity contribution is -0.122. The van der Waals surface area contributed by atoms with Crippen LogP contribution in [0.3, 0.4) is 0 Å². The minimum absolute atomic E-state index is 0.0142. The van der Waals surface area contributed by atoms with Crippen molar-refractivity contribution in [2.45, 2.75) is 46.5 Å². The molecule has 29 heavy (non-hydrogen) atoms. The van der Waals surface area contributed by atoms with E-state index >= 15 is 0 Å². The van der Waals surface area contributed by atoms with E-state index in [1.54, 1.807) is 4.90 Å². The van der Waals surface area contributed by atoms with E-state index in [1.807, 2.05) is 43.3 Å². The summed E-state index contributed by atoms with van der Waals surface area (Å²) in [6, 6.07) is 13.8. The Labute approximate surface area is 173 Å². The Morgan fingerprint density at radius 1 is 1.07 bits per heavy atom. The molecule has 2 aromatic carbocycles. The largest absolute Gasteiger partial charge is 0.371 e. The molecule has 1 heterocycles. The van der Waals surface area contributed by atoms with Gasteiger partial charge in [-0.1, -0.05) is 45.0 Å². The summed E-state index contributed by atoms with van der Waals surface area (Å²) < 4.78 is 5.65. The average Bonchev–Trinajstić information content (AvgIpc) is 2.84. The number of amides is 2. The number of anilines is 3. The number of rotatable bonds is 7. The summed E-state index contributed by atoms with van der Waals surface area (Å²) in [6.07, 6.45) is 2.97. The molecule has 0 fully saturated rings. The van der Waals surface area contributed by atoms with Gasteiger partial charge >= 0.3 is 0 Å². The van der Waals surface area contributed by atoms with Crippen molar-refractivity contribution in [1.29, 1.82) is 0 Å². The molecule has 2 aromatic rings. The van der Waals surface area contributed by atoms with Gasteiger partial charge < -0.3 is 10.1 Å². The third kappa shape index (κ3) is 5.24. The standard InChI is InChI=1S/C24H30N2O3/c1-4-7-23(27)25-20-13-12-19-11-10-18-8-5-6-9-21(18)26(22(19)14-20)24(28)16-29-15-17(2)3/h5-6,8-9,12-14,17H,4,7,10-11,15-16H2,1-3H3,(H,25,27). The zero-order valence-electron chi connectivity index (χ0n) is 17.5.